The largest absolute Gasteiger partial charge is 0.497 e. The molecule has 0 bridgehead atoms. The number of carbonyl (C=O) groups excluding carboxylic acids is 1. The molecular weight excluding hydrogens is 384 g/mol. The number of ketones is 1. The molecule has 7 heteroatoms. The van der Waals surface area contributed by atoms with Crippen LogP contribution in [0.5, 0.6) is 5.75 Å². The second kappa shape index (κ2) is 8.70. The smallest absolute Gasteiger partial charge is 0.196 e. The van der Waals surface area contributed by atoms with Crippen molar-refractivity contribution in [3.63, 3.8) is 0 Å². The minimum absolute atomic E-state index is 0.0136. The van der Waals surface area contributed by atoms with Gasteiger partial charge in [-0.2, -0.15) is 0 Å². The van der Waals surface area contributed by atoms with Crippen molar-refractivity contribution in [3.05, 3.63) is 84.6 Å². The van der Waals surface area contributed by atoms with Crippen molar-refractivity contribution in [1.29, 1.82) is 0 Å². The highest BCUT2D eigenvalue weighted by Crippen LogP contribution is 2.27. The molecule has 6 nitrogen and oxygen atoms in total. The van der Waals surface area contributed by atoms with E-state index < -0.39 is 0 Å². The van der Waals surface area contributed by atoms with Crippen molar-refractivity contribution < 1.29 is 9.53 Å². The van der Waals surface area contributed by atoms with E-state index in [0.29, 0.717) is 16.5 Å². The van der Waals surface area contributed by atoms with E-state index in [1.807, 2.05) is 53.1 Å². The highest BCUT2D eigenvalue weighted by Gasteiger charge is 2.18. The molecule has 0 aliphatic heterocycles. The number of hydrogen-bond acceptors (Lipinski definition) is 6. The fourth-order valence-corrected chi connectivity index (χ4v) is 3.67. The van der Waals surface area contributed by atoms with Crippen LogP contribution >= 0.6 is 11.8 Å². The summed E-state index contributed by atoms with van der Waals surface area (Å²) in [5.74, 6) is 1.62. The van der Waals surface area contributed by atoms with Gasteiger partial charge < -0.3 is 4.74 Å². The van der Waals surface area contributed by atoms with Crippen LogP contribution in [0.4, 0.5) is 0 Å². The van der Waals surface area contributed by atoms with Crippen LogP contribution in [0.3, 0.4) is 0 Å². The van der Waals surface area contributed by atoms with Crippen LogP contribution in [0.15, 0.2) is 84.1 Å². The first-order chi connectivity index (χ1) is 14.3. The molecule has 0 spiro atoms. The molecule has 0 atom stereocenters. The van der Waals surface area contributed by atoms with Gasteiger partial charge in [0.1, 0.15) is 11.4 Å². The summed E-state index contributed by atoms with van der Waals surface area (Å²) in [5, 5.41) is 9.30. The van der Waals surface area contributed by atoms with Crippen LogP contribution in [0, 0.1) is 0 Å². The van der Waals surface area contributed by atoms with E-state index in [1.54, 1.807) is 37.6 Å². The molecule has 0 fully saturated rings. The van der Waals surface area contributed by atoms with Crippen LogP contribution in [-0.4, -0.2) is 38.4 Å². The van der Waals surface area contributed by atoms with Crippen LogP contribution in [0.1, 0.15) is 10.4 Å². The van der Waals surface area contributed by atoms with E-state index in [2.05, 4.69) is 15.2 Å². The minimum atomic E-state index is 0.0136. The van der Waals surface area contributed by atoms with E-state index in [0.717, 1.165) is 17.1 Å². The Hall–Kier alpha value is -3.45. The van der Waals surface area contributed by atoms with Gasteiger partial charge in [0.05, 0.1) is 12.9 Å². The highest BCUT2D eigenvalue weighted by molar-refractivity contribution is 7.99. The Morgan fingerprint density at radius 1 is 0.966 bits per heavy atom. The molecule has 4 aromatic rings. The summed E-state index contributed by atoms with van der Waals surface area (Å²) < 4.78 is 7.07. The number of para-hydroxylation sites is 1. The number of methoxy groups -OCH3 is 1. The quantitative estimate of drug-likeness (QED) is 0.339. The Labute approximate surface area is 172 Å². The summed E-state index contributed by atoms with van der Waals surface area (Å²) in [4.78, 5) is 17.0. The molecule has 144 valence electrons. The molecule has 0 aliphatic carbocycles. The van der Waals surface area contributed by atoms with Gasteiger partial charge in [-0.25, -0.2) is 0 Å². The summed E-state index contributed by atoms with van der Waals surface area (Å²) >= 11 is 1.35. The lowest BCUT2D eigenvalue weighted by Gasteiger charge is -2.09. The zero-order valence-electron chi connectivity index (χ0n) is 15.7. The fourth-order valence-electron chi connectivity index (χ4n) is 2.82. The Kier molecular flexibility index (Phi) is 5.67. The standard InChI is InChI=1S/C22H18N4O2S/c1-28-18-12-10-16(11-13-18)20(27)15-29-22-25-24-21(19-9-5-6-14-23-19)26(22)17-7-3-2-4-8-17/h2-14H,15H2,1H3. The topological polar surface area (TPSA) is 69.9 Å². The SMILES string of the molecule is COc1ccc(C(=O)CSc2nnc(-c3ccccn3)n2-c2ccccc2)cc1. The Morgan fingerprint density at radius 3 is 2.41 bits per heavy atom. The van der Waals surface area contributed by atoms with Gasteiger partial charge in [-0.05, 0) is 48.5 Å². The second-order valence-electron chi connectivity index (χ2n) is 6.13. The number of Topliss-reactive ketones (excluding diaryl/α,β-unsaturated/α-hetero) is 1. The molecule has 0 N–H and O–H groups in total. The number of nitrogens with zero attached hydrogens (tertiary/aromatic N) is 4. The number of thioether (sulfide) groups is 1. The summed E-state index contributed by atoms with van der Waals surface area (Å²) in [5.41, 5.74) is 2.27. The molecule has 2 aromatic heterocycles. The van der Waals surface area contributed by atoms with Crippen LogP contribution in [-0.2, 0) is 0 Å². The third-order valence-electron chi connectivity index (χ3n) is 4.29. The first-order valence-electron chi connectivity index (χ1n) is 8.98. The van der Waals surface area contributed by atoms with Crippen molar-refractivity contribution in [3.8, 4) is 23.0 Å². The Morgan fingerprint density at radius 2 is 1.72 bits per heavy atom. The molecule has 29 heavy (non-hydrogen) atoms. The third kappa shape index (κ3) is 4.20. The molecule has 2 aromatic carbocycles. The number of pyridine rings is 1. The number of ether oxygens (including phenoxy) is 1. The number of carbonyl (C=O) groups is 1. The predicted molar refractivity (Wildman–Crippen MR) is 113 cm³/mol. The first kappa shape index (κ1) is 18.9. The molecule has 0 saturated carbocycles. The van der Waals surface area contributed by atoms with Crippen LogP contribution in [0.25, 0.3) is 17.2 Å². The molecule has 2 heterocycles. The summed E-state index contributed by atoms with van der Waals surface area (Å²) in [6.07, 6.45) is 1.72. The average molecular weight is 402 g/mol. The first-order valence-corrected chi connectivity index (χ1v) is 9.97. The zero-order valence-corrected chi connectivity index (χ0v) is 16.5. The van der Waals surface area contributed by atoms with Crippen molar-refractivity contribution in [1.82, 2.24) is 19.7 Å². The lowest BCUT2D eigenvalue weighted by molar-refractivity contribution is 0.102. The molecule has 0 unspecified atom stereocenters. The molecule has 4 rings (SSSR count). The minimum Gasteiger partial charge on any atom is -0.497 e. The maximum absolute atomic E-state index is 12.6. The fraction of sp³-hybridized carbons (Fsp3) is 0.0909. The number of rotatable bonds is 7. The van der Waals surface area contributed by atoms with Gasteiger partial charge in [0.15, 0.2) is 16.8 Å². The average Bonchev–Trinajstić information content (AvgIpc) is 3.22. The van der Waals surface area contributed by atoms with Gasteiger partial charge in [-0.1, -0.05) is 36.0 Å². The maximum Gasteiger partial charge on any atom is 0.196 e. The van der Waals surface area contributed by atoms with Crippen molar-refractivity contribution in [2.24, 2.45) is 0 Å². The van der Waals surface area contributed by atoms with Gasteiger partial charge in [-0.15, -0.1) is 10.2 Å². The van der Waals surface area contributed by atoms with Crippen molar-refractivity contribution in [2.75, 3.05) is 12.9 Å². The van der Waals surface area contributed by atoms with Gasteiger partial charge in [0.2, 0.25) is 0 Å². The van der Waals surface area contributed by atoms with E-state index in [-0.39, 0.29) is 11.5 Å². The molecule has 0 saturated heterocycles. The van der Waals surface area contributed by atoms with Gasteiger partial charge in [-0.3, -0.25) is 14.3 Å². The van der Waals surface area contributed by atoms with E-state index in [4.69, 9.17) is 4.74 Å². The summed E-state index contributed by atoms with van der Waals surface area (Å²) in [7, 11) is 1.60. The normalized spacial score (nSPS) is 10.7. The zero-order chi connectivity index (χ0) is 20.1. The van der Waals surface area contributed by atoms with Crippen LogP contribution in [0.2, 0.25) is 0 Å². The molecule has 0 radical (unpaired) electrons. The second-order valence-corrected chi connectivity index (χ2v) is 7.07. The van der Waals surface area contributed by atoms with Crippen molar-refractivity contribution >= 4 is 17.5 Å². The van der Waals surface area contributed by atoms with Crippen molar-refractivity contribution in [2.45, 2.75) is 5.16 Å². The van der Waals surface area contributed by atoms with Crippen LogP contribution < -0.4 is 4.74 Å². The molecule has 0 aliphatic rings. The third-order valence-corrected chi connectivity index (χ3v) is 5.22. The Bertz CT molecular complexity index is 1100. The number of aromatic nitrogens is 4. The number of hydrogen-bond donors (Lipinski definition) is 0. The maximum atomic E-state index is 12.6. The summed E-state index contributed by atoms with van der Waals surface area (Å²) in [6, 6.07) is 22.6. The predicted octanol–water partition coefficient (Wildman–Crippen LogP) is 4.31. The van der Waals surface area contributed by atoms with E-state index >= 15 is 0 Å². The number of benzene rings is 2. The lowest BCUT2D eigenvalue weighted by Crippen LogP contribution is -2.05. The molecular formula is C22H18N4O2S. The van der Waals surface area contributed by atoms with Gasteiger partial charge >= 0.3 is 0 Å². The lowest BCUT2D eigenvalue weighted by atomic mass is 10.1. The Balaban J connectivity index is 1.62. The monoisotopic (exact) mass is 402 g/mol. The molecule has 0 amide bonds. The van der Waals surface area contributed by atoms with E-state index in [1.165, 1.54) is 11.8 Å². The van der Waals surface area contributed by atoms with Gasteiger partial charge in [0, 0.05) is 17.4 Å². The van der Waals surface area contributed by atoms with E-state index in [9.17, 15) is 4.79 Å². The highest BCUT2D eigenvalue weighted by atomic mass is 32.2. The summed E-state index contributed by atoms with van der Waals surface area (Å²) in [6.45, 7) is 0. The van der Waals surface area contributed by atoms with Gasteiger partial charge in [0.25, 0.3) is 0 Å².